The highest BCUT2D eigenvalue weighted by molar-refractivity contribution is 9.10. The molecule has 1 aromatic carbocycles. The highest BCUT2D eigenvalue weighted by atomic mass is 79.9. The van der Waals surface area contributed by atoms with E-state index < -0.39 is 11.7 Å². The molecule has 1 amide bonds. The molecule has 0 aliphatic rings. The summed E-state index contributed by atoms with van der Waals surface area (Å²) in [7, 11) is 0. The maximum atomic E-state index is 12.1. The standard InChI is InChI=1S/C18H16BrClN6O2/c1-18(2,3)28-17(27)24-13-12-14(25-16(20)23-13)26(15(19)22-12)9-11-6-4-10(8-21)5-7-11/h4-7H,9H2,1-3H3,(H,23,24,25,27). The number of aromatic nitrogens is 4. The van der Waals surface area contributed by atoms with Crippen molar-refractivity contribution in [3.8, 4) is 6.07 Å². The van der Waals surface area contributed by atoms with Gasteiger partial charge in [0.1, 0.15) is 5.60 Å². The van der Waals surface area contributed by atoms with Crippen molar-refractivity contribution in [3.63, 3.8) is 0 Å². The van der Waals surface area contributed by atoms with Crippen molar-refractivity contribution in [1.82, 2.24) is 19.5 Å². The molecule has 0 spiro atoms. The van der Waals surface area contributed by atoms with Gasteiger partial charge in [0, 0.05) is 0 Å². The average Bonchev–Trinajstić information content (AvgIpc) is 2.90. The number of carbonyl (C=O) groups is 1. The van der Waals surface area contributed by atoms with Crippen molar-refractivity contribution >= 4 is 50.6 Å². The van der Waals surface area contributed by atoms with Gasteiger partial charge < -0.3 is 4.74 Å². The second-order valence-electron chi connectivity index (χ2n) is 6.92. The van der Waals surface area contributed by atoms with Crippen LogP contribution in [-0.2, 0) is 11.3 Å². The van der Waals surface area contributed by atoms with Gasteiger partial charge in [-0.1, -0.05) is 12.1 Å². The highest BCUT2D eigenvalue weighted by Crippen LogP contribution is 2.27. The molecule has 0 saturated heterocycles. The lowest BCUT2D eigenvalue weighted by atomic mass is 10.1. The summed E-state index contributed by atoms with van der Waals surface area (Å²) in [6, 6.07) is 9.25. The van der Waals surface area contributed by atoms with E-state index in [9.17, 15) is 4.79 Å². The summed E-state index contributed by atoms with van der Waals surface area (Å²) in [6.45, 7) is 5.72. The minimum absolute atomic E-state index is 0.0352. The summed E-state index contributed by atoms with van der Waals surface area (Å²) < 4.78 is 7.54. The van der Waals surface area contributed by atoms with Crippen LogP contribution in [0.25, 0.3) is 11.2 Å². The molecule has 144 valence electrons. The van der Waals surface area contributed by atoms with E-state index in [0.29, 0.717) is 28.0 Å². The zero-order valence-electron chi connectivity index (χ0n) is 15.3. The van der Waals surface area contributed by atoms with Crippen molar-refractivity contribution in [1.29, 1.82) is 5.26 Å². The fraction of sp³-hybridized carbons (Fsp3) is 0.278. The number of hydrogen-bond acceptors (Lipinski definition) is 6. The molecule has 1 N–H and O–H groups in total. The van der Waals surface area contributed by atoms with Crippen LogP contribution in [0.15, 0.2) is 29.0 Å². The first kappa shape index (κ1) is 20.0. The SMILES string of the molecule is CC(C)(C)OC(=O)Nc1nc(Cl)nc2c1nc(Br)n2Cc1ccc(C#N)cc1. The molecule has 28 heavy (non-hydrogen) atoms. The second-order valence-corrected chi connectivity index (χ2v) is 7.96. The lowest BCUT2D eigenvalue weighted by Crippen LogP contribution is -2.27. The van der Waals surface area contributed by atoms with E-state index in [2.05, 4.69) is 42.3 Å². The molecule has 0 atom stereocenters. The molecule has 2 aromatic heterocycles. The Balaban J connectivity index is 1.97. The van der Waals surface area contributed by atoms with Gasteiger partial charge in [0.05, 0.1) is 18.2 Å². The van der Waals surface area contributed by atoms with Gasteiger partial charge >= 0.3 is 6.09 Å². The first-order valence-corrected chi connectivity index (χ1v) is 9.41. The molecule has 3 aromatic rings. The van der Waals surface area contributed by atoms with E-state index in [4.69, 9.17) is 21.6 Å². The topological polar surface area (TPSA) is 106 Å². The number of benzene rings is 1. The Labute approximate surface area is 174 Å². The third-order valence-electron chi connectivity index (χ3n) is 3.56. The van der Waals surface area contributed by atoms with E-state index in [-0.39, 0.29) is 11.1 Å². The van der Waals surface area contributed by atoms with Crippen LogP contribution in [0.2, 0.25) is 5.28 Å². The summed E-state index contributed by atoms with van der Waals surface area (Å²) in [5, 5.41) is 11.5. The van der Waals surface area contributed by atoms with Crippen molar-refractivity contribution in [2.24, 2.45) is 0 Å². The fourth-order valence-electron chi connectivity index (χ4n) is 2.44. The van der Waals surface area contributed by atoms with Crippen LogP contribution in [0.5, 0.6) is 0 Å². The number of nitrogens with zero attached hydrogens (tertiary/aromatic N) is 5. The smallest absolute Gasteiger partial charge is 0.413 e. The van der Waals surface area contributed by atoms with Crippen LogP contribution in [-0.4, -0.2) is 31.2 Å². The fourth-order valence-corrected chi connectivity index (χ4v) is 3.08. The van der Waals surface area contributed by atoms with Gasteiger partial charge in [-0.25, -0.2) is 9.78 Å². The molecule has 10 heteroatoms. The van der Waals surface area contributed by atoms with Gasteiger partial charge in [0.2, 0.25) is 5.28 Å². The predicted molar refractivity (Wildman–Crippen MR) is 108 cm³/mol. The number of nitriles is 1. The van der Waals surface area contributed by atoms with Crippen LogP contribution in [0.1, 0.15) is 31.9 Å². The first-order chi connectivity index (χ1) is 13.2. The third-order valence-corrected chi connectivity index (χ3v) is 4.34. The maximum Gasteiger partial charge on any atom is 0.413 e. The molecule has 0 unspecified atom stereocenters. The molecule has 0 saturated carbocycles. The number of ether oxygens (including phenoxy) is 1. The number of amides is 1. The number of rotatable bonds is 3. The monoisotopic (exact) mass is 462 g/mol. The number of anilines is 1. The summed E-state index contributed by atoms with van der Waals surface area (Å²) in [5.74, 6) is 0.156. The Morgan fingerprint density at radius 1 is 1.29 bits per heavy atom. The normalized spacial score (nSPS) is 11.3. The van der Waals surface area contributed by atoms with E-state index in [1.165, 1.54) is 0 Å². The number of carbonyl (C=O) groups excluding carboxylic acids is 1. The molecular formula is C18H16BrClN6O2. The Hall–Kier alpha value is -2.70. The number of nitrogens with one attached hydrogen (secondary N) is 1. The van der Waals surface area contributed by atoms with E-state index in [1.54, 1.807) is 37.5 Å². The van der Waals surface area contributed by atoms with Crippen molar-refractivity contribution < 1.29 is 9.53 Å². The quantitative estimate of drug-likeness (QED) is 0.452. The number of halogens is 2. The van der Waals surface area contributed by atoms with E-state index in [1.807, 2.05) is 12.1 Å². The Morgan fingerprint density at radius 3 is 2.57 bits per heavy atom. The van der Waals surface area contributed by atoms with Gasteiger partial charge in [-0.3, -0.25) is 9.88 Å². The van der Waals surface area contributed by atoms with Gasteiger partial charge in [0.15, 0.2) is 21.7 Å². The average molecular weight is 464 g/mol. The lowest BCUT2D eigenvalue weighted by molar-refractivity contribution is 0.0635. The molecule has 0 aliphatic carbocycles. The summed E-state index contributed by atoms with van der Waals surface area (Å²) in [6.07, 6.45) is -0.665. The number of fused-ring (bicyclic) bond motifs is 1. The predicted octanol–water partition coefficient (Wildman–Crippen LogP) is 4.51. The summed E-state index contributed by atoms with van der Waals surface area (Å²) in [4.78, 5) is 24.8. The van der Waals surface area contributed by atoms with Gasteiger partial charge in [-0.2, -0.15) is 15.2 Å². The number of hydrogen-bond donors (Lipinski definition) is 1. The Morgan fingerprint density at radius 2 is 1.96 bits per heavy atom. The van der Waals surface area contributed by atoms with Crippen molar-refractivity contribution in [2.45, 2.75) is 32.9 Å². The Kier molecular flexibility index (Phi) is 5.54. The van der Waals surface area contributed by atoms with Crippen LogP contribution >= 0.6 is 27.5 Å². The molecule has 0 aliphatic heterocycles. The second kappa shape index (κ2) is 7.73. The van der Waals surface area contributed by atoms with E-state index in [0.717, 1.165) is 5.56 Å². The molecular weight excluding hydrogens is 448 g/mol. The van der Waals surface area contributed by atoms with Gasteiger partial charge in [-0.05, 0) is 66.0 Å². The van der Waals surface area contributed by atoms with E-state index >= 15 is 0 Å². The minimum atomic E-state index is -0.665. The summed E-state index contributed by atoms with van der Waals surface area (Å²) in [5.41, 5.74) is 1.68. The largest absolute Gasteiger partial charge is 0.444 e. The minimum Gasteiger partial charge on any atom is -0.444 e. The van der Waals surface area contributed by atoms with Crippen LogP contribution in [0.3, 0.4) is 0 Å². The zero-order chi connectivity index (χ0) is 20.5. The lowest BCUT2D eigenvalue weighted by Gasteiger charge is -2.19. The third kappa shape index (κ3) is 4.58. The van der Waals surface area contributed by atoms with Gasteiger partial charge in [0.25, 0.3) is 0 Å². The van der Waals surface area contributed by atoms with Crippen LogP contribution in [0.4, 0.5) is 10.6 Å². The number of imidazole rings is 1. The van der Waals surface area contributed by atoms with Gasteiger partial charge in [-0.15, -0.1) is 0 Å². The zero-order valence-corrected chi connectivity index (χ0v) is 17.7. The van der Waals surface area contributed by atoms with Crippen molar-refractivity contribution in [2.75, 3.05) is 5.32 Å². The van der Waals surface area contributed by atoms with Crippen molar-refractivity contribution in [3.05, 3.63) is 45.4 Å². The highest BCUT2D eigenvalue weighted by Gasteiger charge is 2.21. The molecule has 2 heterocycles. The Bertz CT molecular complexity index is 1080. The molecule has 0 fully saturated rings. The van der Waals surface area contributed by atoms with Crippen LogP contribution < -0.4 is 5.32 Å². The van der Waals surface area contributed by atoms with Crippen LogP contribution in [0, 0.1) is 11.3 Å². The molecule has 0 bridgehead atoms. The maximum absolute atomic E-state index is 12.1. The molecule has 0 radical (unpaired) electrons. The first-order valence-electron chi connectivity index (χ1n) is 8.24. The molecule has 3 rings (SSSR count). The molecule has 8 nitrogen and oxygen atoms in total. The summed E-state index contributed by atoms with van der Waals surface area (Å²) >= 11 is 9.47.